The maximum absolute atomic E-state index is 12.9. The van der Waals surface area contributed by atoms with Gasteiger partial charge in [0.15, 0.2) is 5.13 Å². The minimum atomic E-state index is -0.288. The lowest BCUT2D eigenvalue weighted by Crippen LogP contribution is -2.23. The summed E-state index contributed by atoms with van der Waals surface area (Å²) in [5, 5.41) is 6.17. The number of aromatic nitrogens is 3. The Kier molecular flexibility index (Phi) is 6.39. The molecule has 8 nitrogen and oxygen atoms in total. The second-order valence-corrected chi connectivity index (χ2v) is 9.88. The zero-order valence-corrected chi connectivity index (χ0v) is 20.3. The topological polar surface area (TPSA) is 106 Å². The molecule has 170 valence electrons. The molecule has 0 bridgehead atoms. The molecule has 2 N–H and O–H groups in total. The van der Waals surface area contributed by atoms with Crippen LogP contribution in [0.15, 0.2) is 35.1 Å². The molecule has 1 aromatic carbocycles. The molecule has 4 rings (SSSR count). The van der Waals surface area contributed by atoms with Crippen molar-refractivity contribution in [2.24, 2.45) is 0 Å². The molecule has 0 spiro atoms. The average molecular weight is 482 g/mol. The predicted octanol–water partition coefficient (Wildman–Crippen LogP) is 4.11. The summed E-state index contributed by atoms with van der Waals surface area (Å²) in [7, 11) is 0. The summed E-state index contributed by atoms with van der Waals surface area (Å²) in [6, 6.07) is 9.07. The minimum Gasteiger partial charge on any atom is -0.351 e. The van der Waals surface area contributed by atoms with Gasteiger partial charge in [-0.05, 0) is 51.1 Å². The number of anilines is 1. The number of hydrogen-bond donors (Lipinski definition) is 2. The third kappa shape index (κ3) is 4.71. The van der Waals surface area contributed by atoms with Crippen molar-refractivity contribution >= 4 is 50.7 Å². The van der Waals surface area contributed by atoms with Crippen LogP contribution in [0.2, 0.25) is 0 Å². The van der Waals surface area contributed by atoms with E-state index in [1.54, 1.807) is 41.0 Å². The Balaban J connectivity index is 1.56. The second-order valence-electron chi connectivity index (χ2n) is 7.50. The Morgan fingerprint density at radius 3 is 2.61 bits per heavy atom. The molecule has 0 unspecified atom stereocenters. The Labute approximate surface area is 198 Å². The van der Waals surface area contributed by atoms with Gasteiger partial charge in [0.25, 0.3) is 11.5 Å². The highest BCUT2D eigenvalue weighted by molar-refractivity contribution is 7.18. The number of hydrogen-bond acceptors (Lipinski definition) is 7. The largest absolute Gasteiger partial charge is 0.351 e. The molecule has 0 fully saturated rings. The Morgan fingerprint density at radius 2 is 1.88 bits per heavy atom. The summed E-state index contributed by atoms with van der Waals surface area (Å²) in [4.78, 5) is 48.3. The number of carbonyl (C=O) groups excluding carboxylic acids is 2. The van der Waals surface area contributed by atoms with Gasteiger partial charge in [0.2, 0.25) is 5.91 Å². The van der Waals surface area contributed by atoms with E-state index in [1.807, 2.05) is 26.0 Å². The molecule has 0 aliphatic carbocycles. The normalized spacial score (nSPS) is 11.0. The van der Waals surface area contributed by atoms with Crippen molar-refractivity contribution in [1.82, 2.24) is 19.9 Å². The van der Waals surface area contributed by atoms with Crippen LogP contribution >= 0.6 is 22.7 Å². The highest BCUT2D eigenvalue weighted by Crippen LogP contribution is 2.35. The van der Waals surface area contributed by atoms with Gasteiger partial charge in [0.05, 0.1) is 28.1 Å². The van der Waals surface area contributed by atoms with E-state index in [9.17, 15) is 14.4 Å². The zero-order chi connectivity index (χ0) is 23.7. The number of nitrogens with one attached hydrogen (secondary N) is 2. The smallest absolute Gasteiger partial charge is 0.272 e. The van der Waals surface area contributed by atoms with Crippen LogP contribution in [0.25, 0.3) is 21.6 Å². The van der Waals surface area contributed by atoms with Gasteiger partial charge in [-0.15, -0.1) is 22.7 Å². The van der Waals surface area contributed by atoms with Gasteiger partial charge in [0.1, 0.15) is 5.69 Å². The van der Waals surface area contributed by atoms with Gasteiger partial charge in [0, 0.05) is 28.8 Å². The van der Waals surface area contributed by atoms with Gasteiger partial charge in [-0.2, -0.15) is 0 Å². The van der Waals surface area contributed by atoms with Crippen molar-refractivity contribution in [3.05, 3.63) is 61.7 Å². The first kappa shape index (κ1) is 22.8. The molecule has 0 atom stereocenters. The fourth-order valence-corrected chi connectivity index (χ4v) is 5.37. The lowest BCUT2D eigenvalue weighted by atomic mass is 10.1. The molecule has 10 heteroatoms. The van der Waals surface area contributed by atoms with E-state index in [2.05, 4.69) is 20.6 Å². The van der Waals surface area contributed by atoms with E-state index >= 15 is 0 Å². The van der Waals surface area contributed by atoms with Crippen LogP contribution in [0.1, 0.15) is 39.7 Å². The highest BCUT2D eigenvalue weighted by Gasteiger charge is 2.16. The number of rotatable bonds is 6. The van der Waals surface area contributed by atoms with E-state index in [4.69, 9.17) is 0 Å². The molecule has 0 saturated carbocycles. The monoisotopic (exact) mass is 481 g/mol. The minimum absolute atomic E-state index is 0.0724. The number of nitrogens with zero attached hydrogens (tertiary/aromatic N) is 3. The van der Waals surface area contributed by atoms with Crippen molar-refractivity contribution in [3.63, 3.8) is 0 Å². The third-order valence-corrected chi connectivity index (χ3v) is 7.09. The van der Waals surface area contributed by atoms with Gasteiger partial charge in [-0.3, -0.25) is 19.7 Å². The highest BCUT2D eigenvalue weighted by atomic mass is 32.1. The van der Waals surface area contributed by atoms with Crippen LogP contribution in [0.5, 0.6) is 0 Å². The number of carbonyl (C=O) groups is 2. The average Bonchev–Trinajstić information content (AvgIpc) is 3.39. The van der Waals surface area contributed by atoms with Crippen molar-refractivity contribution in [3.8, 4) is 10.6 Å². The van der Waals surface area contributed by atoms with Crippen LogP contribution in [0.4, 0.5) is 5.13 Å². The maximum atomic E-state index is 12.9. The van der Waals surface area contributed by atoms with Crippen LogP contribution in [-0.2, 0) is 17.9 Å². The Bertz CT molecular complexity index is 1430. The summed E-state index contributed by atoms with van der Waals surface area (Å²) in [5.74, 6) is -0.361. The van der Waals surface area contributed by atoms with Crippen molar-refractivity contribution < 1.29 is 9.59 Å². The van der Waals surface area contributed by atoms with Gasteiger partial charge < -0.3 is 9.88 Å². The summed E-state index contributed by atoms with van der Waals surface area (Å²) >= 11 is 2.97. The second kappa shape index (κ2) is 9.24. The maximum Gasteiger partial charge on any atom is 0.272 e. The first-order valence-corrected chi connectivity index (χ1v) is 12.0. The molecule has 3 aromatic heterocycles. The van der Waals surface area contributed by atoms with Crippen molar-refractivity contribution in [2.75, 3.05) is 5.32 Å². The quantitative estimate of drug-likeness (QED) is 0.431. The number of thiazole rings is 1. The fraction of sp³-hybridized carbons (Fsp3) is 0.261. The predicted molar refractivity (Wildman–Crippen MR) is 132 cm³/mol. The molecule has 3 heterocycles. The molecule has 4 aromatic rings. The molecular weight excluding hydrogens is 458 g/mol. The van der Waals surface area contributed by atoms with E-state index in [0.29, 0.717) is 40.5 Å². The van der Waals surface area contributed by atoms with Crippen molar-refractivity contribution in [1.29, 1.82) is 0 Å². The lowest BCUT2D eigenvalue weighted by molar-refractivity contribution is -0.119. The first-order chi connectivity index (χ1) is 15.8. The van der Waals surface area contributed by atoms with Gasteiger partial charge >= 0.3 is 0 Å². The summed E-state index contributed by atoms with van der Waals surface area (Å²) < 4.78 is 1.65. The standard InChI is InChI=1S/C23H23N5O3S2/c1-5-28-18-8-6-15(10-17(18)25-12(2)22(28)31)21(30)27-23-26-20(13(3)32-23)19-9-7-16(33-19)11-24-14(4)29/h6-10H,5,11H2,1-4H3,(H,24,29)(H,26,27,30). The van der Waals surface area contributed by atoms with E-state index in [1.165, 1.54) is 18.3 Å². The number of fused-ring (bicyclic) bond motifs is 1. The summed E-state index contributed by atoms with van der Waals surface area (Å²) in [5.41, 5.74) is 2.83. The molecule has 0 saturated heterocycles. The number of benzene rings is 1. The molecule has 0 aliphatic rings. The number of thiophene rings is 1. The van der Waals surface area contributed by atoms with Crippen LogP contribution in [-0.4, -0.2) is 26.3 Å². The summed E-state index contributed by atoms with van der Waals surface area (Å²) in [6.07, 6.45) is 0. The van der Waals surface area contributed by atoms with E-state index in [-0.39, 0.29) is 17.4 Å². The molecule has 2 amide bonds. The molecule has 0 aliphatic heterocycles. The van der Waals surface area contributed by atoms with Gasteiger partial charge in [-0.25, -0.2) is 9.97 Å². The fourth-order valence-electron chi connectivity index (χ4n) is 3.49. The molecule has 0 radical (unpaired) electrons. The number of aryl methyl sites for hydroxylation is 3. The summed E-state index contributed by atoms with van der Waals surface area (Å²) in [6.45, 7) is 8.03. The van der Waals surface area contributed by atoms with Crippen molar-refractivity contribution in [2.45, 2.75) is 40.8 Å². The third-order valence-electron chi connectivity index (χ3n) is 5.11. The Hall–Kier alpha value is -3.37. The van der Waals surface area contributed by atoms with Crippen LogP contribution < -0.4 is 16.2 Å². The van der Waals surface area contributed by atoms with Gasteiger partial charge in [-0.1, -0.05) is 0 Å². The first-order valence-electron chi connectivity index (χ1n) is 10.4. The zero-order valence-electron chi connectivity index (χ0n) is 18.7. The SMILES string of the molecule is CCn1c(=O)c(C)nc2cc(C(=O)Nc3nc(-c4ccc(CNC(C)=O)s4)c(C)s3)ccc21. The molecule has 33 heavy (non-hydrogen) atoms. The lowest BCUT2D eigenvalue weighted by Gasteiger charge is -2.10. The number of amides is 2. The van der Waals surface area contributed by atoms with Crippen LogP contribution in [0, 0.1) is 13.8 Å². The Morgan fingerprint density at radius 1 is 1.09 bits per heavy atom. The van der Waals surface area contributed by atoms with E-state index < -0.39 is 0 Å². The van der Waals surface area contributed by atoms with E-state index in [0.717, 1.165) is 20.3 Å². The van der Waals surface area contributed by atoms with Crippen LogP contribution in [0.3, 0.4) is 0 Å². The molecular formula is C23H23N5O3S2.